The third-order valence-corrected chi connectivity index (χ3v) is 0.427. The largest absolute Gasteiger partial charge is 0.265 e. The van der Waals surface area contributed by atoms with Crippen LogP contribution < -0.4 is 0 Å². The molecule has 0 aromatic carbocycles. The second kappa shape index (κ2) is 5.15. The van der Waals surface area contributed by atoms with Crippen LogP contribution in [0.4, 0.5) is 0 Å². The minimum Gasteiger partial charge on any atom is -0.265 e. The van der Waals surface area contributed by atoms with Crippen molar-refractivity contribution in [2.24, 2.45) is 4.99 Å². The zero-order valence-corrected chi connectivity index (χ0v) is 4.46. The fraction of sp³-hybridized carbons (Fsp3) is 0.167. The number of rotatable bonds is 2. The van der Waals surface area contributed by atoms with Gasteiger partial charge in [-0.05, 0) is 6.92 Å². The van der Waals surface area contributed by atoms with E-state index in [1.54, 1.807) is 18.5 Å². The number of nitrogens with zero attached hydrogens (tertiary/aromatic N) is 1. The number of hydrogen-bond acceptors (Lipinski definition) is 1. The first-order valence-electron chi connectivity index (χ1n) is 2.17. The van der Waals surface area contributed by atoms with Crippen molar-refractivity contribution in [1.82, 2.24) is 0 Å². The summed E-state index contributed by atoms with van der Waals surface area (Å²) in [6, 6.07) is 0. The Morgan fingerprint density at radius 2 is 2.29 bits per heavy atom. The minimum atomic E-state index is 1.64. The summed E-state index contributed by atoms with van der Waals surface area (Å²) in [5.41, 5.74) is 0. The number of aliphatic imine (C=N–C) groups is 1. The van der Waals surface area contributed by atoms with Gasteiger partial charge in [-0.25, -0.2) is 0 Å². The molecule has 1 heteroatoms. The Bertz CT molecular complexity index is 90.4. The number of hydrogen-bond donors (Lipinski definition) is 0. The standard InChI is InChI=1S/C6H9N/c1-3-5-7-6-4-2/h3-6H,1H2,2H3/b6-4-,7-5-. The summed E-state index contributed by atoms with van der Waals surface area (Å²) in [5, 5.41) is 0. The smallest absolute Gasteiger partial charge is 0.0261 e. The zero-order valence-electron chi connectivity index (χ0n) is 4.46. The SMILES string of the molecule is C=C/C=N\C=C/C. The first-order chi connectivity index (χ1) is 3.41. The van der Waals surface area contributed by atoms with E-state index < -0.39 is 0 Å². The van der Waals surface area contributed by atoms with Crippen LogP contribution in [0.25, 0.3) is 0 Å². The third kappa shape index (κ3) is 5.15. The van der Waals surface area contributed by atoms with Gasteiger partial charge in [-0.1, -0.05) is 18.7 Å². The van der Waals surface area contributed by atoms with Crippen molar-refractivity contribution in [2.75, 3.05) is 0 Å². The lowest BCUT2D eigenvalue weighted by molar-refractivity contribution is 1.55. The van der Waals surface area contributed by atoms with Crippen LogP contribution in [0.1, 0.15) is 6.92 Å². The first-order valence-corrected chi connectivity index (χ1v) is 2.17. The summed E-state index contributed by atoms with van der Waals surface area (Å²) in [7, 11) is 0. The van der Waals surface area contributed by atoms with Crippen molar-refractivity contribution in [3.63, 3.8) is 0 Å². The molecule has 0 saturated carbocycles. The van der Waals surface area contributed by atoms with Crippen LogP contribution in [0.2, 0.25) is 0 Å². The minimum absolute atomic E-state index is 1.64. The topological polar surface area (TPSA) is 12.4 Å². The molecule has 0 unspecified atom stereocenters. The fourth-order valence-electron chi connectivity index (χ4n) is 0.197. The maximum atomic E-state index is 3.78. The van der Waals surface area contributed by atoms with Crippen LogP contribution in [-0.4, -0.2) is 6.21 Å². The molecular formula is C6H9N. The van der Waals surface area contributed by atoms with Gasteiger partial charge in [0.2, 0.25) is 0 Å². The molecule has 0 rings (SSSR count). The van der Waals surface area contributed by atoms with Crippen LogP contribution in [0, 0.1) is 0 Å². The molecule has 0 N–H and O–H groups in total. The Balaban J connectivity index is 3.27. The van der Waals surface area contributed by atoms with E-state index in [-0.39, 0.29) is 0 Å². The molecule has 0 bridgehead atoms. The first kappa shape index (κ1) is 6.15. The second-order valence-electron chi connectivity index (χ2n) is 1.02. The Hall–Kier alpha value is -0.850. The molecular weight excluding hydrogens is 86.1 g/mol. The summed E-state index contributed by atoms with van der Waals surface area (Å²) < 4.78 is 0. The van der Waals surface area contributed by atoms with E-state index in [0.29, 0.717) is 0 Å². The maximum absolute atomic E-state index is 3.78. The fourth-order valence-corrected chi connectivity index (χ4v) is 0.197. The third-order valence-electron chi connectivity index (χ3n) is 0.427. The predicted molar refractivity (Wildman–Crippen MR) is 33.5 cm³/mol. The molecule has 1 nitrogen and oxygen atoms in total. The van der Waals surface area contributed by atoms with E-state index in [9.17, 15) is 0 Å². The molecule has 0 fully saturated rings. The van der Waals surface area contributed by atoms with Crippen LogP contribution >= 0.6 is 0 Å². The second-order valence-corrected chi connectivity index (χ2v) is 1.02. The quantitative estimate of drug-likeness (QED) is 0.463. The summed E-state index contributed by atoms with van der Waals surface area (Å²) in [6.45, 7) is 5.37. The van der Waals surface area contributed by atoms with Gasteiger partial charge in [0.15, 0.2) is 0 Å². The molecule has 0 aliphatic heterocycles. The lowest BCUT2D eigenvalue weighted by atomic mass is 10.7. The van der Waals surface area contributed by atoms with Gasteiger partial charge in [-0.15, -0.1) is 0 Å². The number of allylic oxidation sites excluding steroid dienone is 2. The van der Waals surface area contributed by atoms with E-state index in [4.69, 9.17) is 0 Å². The van der Waals surface area contributed by atoms with Gasteiger partial charge in [0.1, 0.15) is 0 Å². The average molecular weight is 95.1 g/mol. The molecule has 0 aliphatic carbocycles. The van der Waals surface area contributed by atoms with Gasteiger partial charge >= 0.3 is 0 Å². The molecule has 0 saturated heterocycles. The Kier molecular flexibility index (Phi) is 4.52. The van der Waals surface area contributed by atoms with Crippen LogP contribution in [0.15, 0.2) is 29.9 Å². The molecule has 0 radical (unpaired) electrons. The van der Waals surface area contributed by atoms with E-state index in [0.717, 1.165) is 0 Å². The normalized spacial score (nSPS) is 11.0. The molecule has 0 heterocycles. The predicted octanol–water partition coefficient (Wildman–Crippen LogP) is 1.78. The van der Waals surface area contributed by atoms with Crippen molar-refractivity contribution in [2.45, 2.75) is 6.92 Å². The van der Waals surface area contributed by atoms with Crippen molar-refractivity contribution in [3.05, 3.63) is 24.9 Å². The van der Waals surface area contributed by atoms with Crippen molar-refractivity contribution in [3.8, 4) is 0 Å². The molecule has 0 aliphatic rings. The Morgan fingerprint density at radius 1 is 1.57 bits per heavy atom. The highest BCUT2D eigenvalue weighted by molar-refractivity contribution is 5.70. The lowest BCUT2D eigenvalue weighted by Gasteiger charge is -1.66. The highest BCUT2D eigenvalue weighted by Gasteiger charge is 1.51. The van der Waals surface area contributed by atoms with Gasteiger partial charge in [-0.3, -0.25) is 4.99 Å². The van der Waals surface area contributed by atoms with E-state index in [1.807, 2.05) is 13.0 Å². The highest BCUT2D eigenvalue weighted by atomic mass is 14.6. The van der Waals surface area contributed by atoms with Crippen molar-refractivity contribution >= 4 is 6.21 Å². The Morgan fingerprint density at radius 3 is 2.71 bits per heavy atom. The molecule has 38 valence electrons. The van der Waals surface area contributed by atoms with Crippen LogP contribution in [0.5, 0.6) is 0 Å². The summed E-state index contributed by atoms with van der Waals surface area (Å²) in [4.78, 5) is 3.78. The summed E-state index contributed by atoms with van der Waals surface area (Å²) in [6.07, 6.45) is 6.85. The monoisotopic (exact) mass is 95.1 g/mol. The van der Waals surface area contributed by atoms with Gasteiger partial charge in [0.25, 0.3) is 0 Å². The molecule has 0 amide bonds. The summed E-state index contributed by atoms with van der Waals surface area (Å²) >= 11 is 0. The van der Waals surface area contributed by atoms with Gasteiger partial charge in [0.05, 0.1) is 0 Å². The van der Waals surface area contributed by atoms with E-state index in [2.05, 4.69) is 11.6 Å². The molecule has 0 aromatic heterocycles. The lowest BCUT2D eigenvalue weighted by Crippen LogP contribution is -1.54. The average Bonchev–Trinajstić information content (AvgIpc) is 1.69. The van der Waals surface area contributed by atoms with E-state index in [1.165, 1.54) is 0 Å². The van der Waals surface area contributed by atoms with Gasteiger partial charge < -0.3 is 0 Å². The van der Waals surface area contributed by atoms with Crippen LogP contribution in [-0.2, 0) is 0 Å². The van der Waals surface area contributed by atoms with Crippen LogP contribution in [0.3, 0.4) is 0 Å². The maximum Gasteiger partial charge on any atom is 0.0261 e. The Labute approximate surface area is 44.1 Å². The van der Waals surface area contributed by atoms with Gasteiger partial charge in [0, 0.05) is 12.4 Å². The van der Waals surface area contributed by atoms with Gasteiger partial charge in [-0.2, -0.15) is 0 Å². The molecule has 0 atom stereocenters. The van der Waals surface area contributed by atoms with Crippen molar-refractivity contribution < 1.29 is 0 Å². The molecule has 0 spiro atoms. The summed E-state index contributed by atoms with van der Waals surface area (Å²) in [5.74, 6) is 0. The van der Waals surface area contributed by atoms with E-state index >= 15 is 0 Å². The molecule has 7 heavy (non-hydrogen) atoms. The zero-order chi connectivity index (χ0) is 5.54. The highest BCUT2D eigenvalue weighted by Crippen LogP contribution is 1.68. The molecule has 0 aromatic rings. The van der Waals surface area contributed by atoms with Crippen molar-refractivity contribution in [1.29, 1.82) is 0 Å².